The lowest BCUT2D eigenvalue weighted by Crippen LogP contribution is -2.50. The molecule has 120 valence electrons. The van der Waals surface area contributed by atoms with Crippen LogP contribution in [0.25, 0.3) is 0 Å². The van der Waals surface area contributed by atoms with Crippen molar-refractivity contribution < 1.29 is 9.59 Å². The SMILES string of the molecule is CN(CC(=O)N1CCNCC1)C(=O)Cn1cccn1.Cl.Cl. The standard InChI is InChI=1S/C12H19N5O2.2ClH/c1-15(11(18)10-17-6-2-3-14-17)9-12(19)16-7-4-13-5-8-16;;/h2-3,6,13H,4-5,7-10H2,1H3;2*1H. The van der Waals surface area contributed by atoms with Crippen LogP contribution in [0, 0.1) is 0 Å². The molecule has 0 radical (unpaired) electrons. The van der Waals surface area contributed by atoms with Crippen molar-refractivity contribution in [3.8, 4) is 0 Å². The van der Waals surface area contributed by atoms with Crippen LogP contribution in [0.4, 0.5) is 0 Å². The normalized spacial score (nSPS) is 13.9. The van der Waals surface area contributed by atoms with Gasteiger partial charge in [0, 0.05) is 45.6 Å². The number of rotatable bonds is 4. The van der Waals surface area contributed by atoms with Crippen molar-refractivity contribution in [2.45, 2.75) is 6.54 Å². The van der Waals surface area contributed by atoms with E-state index in [0.717, 1.165) is 13.1 Å². The zero-order valence-corrected chi connectivity index (χ0v) is 13.5. The first kappa shape index (κ1) is 19.7. The average Bonchev–Trinajstić information content (AvgIpc) is 2.92. The molecule has 0 spiro atoms. The first-order chi connectivity index (χ1) is 9.16. The van der Waals surface area contributed by atoms with Gasteiger partial charge in [-0.3, -0.25) is 14.3 Å². The van der Waals surface area contributed by atoms with Gasteiger partial charge in [-0.15, -0.1) is 24.8 Å². The van der Waals surface area contributed by atoms with Crippen molar-refractivity contribution >= 4 is 36.6 Å². The molecule has 0 bridgehead atoms. The zero-order chi connectivity index (χ0) is 13.7. The molecule has 0 saturated carbocycles. The molecule has 1 aliphatic heterocycles. The number of nitrogens with zero attached hydrogens (tertiary/aromatic N) is 4. The van der Waals surface area contributed by atoms with E-state index >= 15 is 0 Å². The minimum absolute atomic E-state index is 0. The van der Waals surface area contributed by atoms with Crippen molar-refractivity contribution in [2.75, 3.05) is 39.8 Å². The van der Waals surface area contributed by atoms with Crippen LogP contribution in [0.3, 0.4) is 0 Å². The molecule has 1 N–H and O–H groups in total. The Kier molecular flexibility index (Phi) is 9.00. The summed E-state index contributed by atoms with van der Waals surface area (Å²) in [5.41, 5.74) is 0. The predicted molar refractivity (Wildman–Crippen MR) is 83.8 cm³/mol. The second kappa shape index (κ2) is 9.59. The van der Waals surface area contributed by atoms with Gasteiger partial charge in [-0.25, -0.2) is 0 Å². The summed E-state index contributed by atoms with van der Waals surface area (Å²) in [6.45, 7) is 3.34. The highest BCUT2D eigenvalue weighted by Gasteiger charge is 2.19. The molecule has 0 aliphatic carbocycles. The van der Waals surface area contributed by atoms with Gasteiger partial charge in [-0.05, 0) is 6.07 Å². The van der Waals surface area contributed by atoms with Crippen molar-refractivity contribution in [1.82, 2.24) is 24.9 Å². The second-order valence-electron chi connectivity index (χ2n) is 4.58. The first-order valence-electron chi connectivity index (χ1n) is 6.36. The lowest BCUT2D eigenvalue weighted by molar-refractivity contribution is -0.140. The number of hydrogen-bond acceptors (Lipinski definition) is 4. The first-order valence-corrected chi connectivity index (χ1v) is 6.36. The van der Waals surface area contributed by atoms with Gasteiger partial charge in [0.05, 0.1) is 6.54 Å². The molecule has 1 aromatic heterocycles. The van der Waals surface area contributed by atoms with Crippen molar-refractivity contribution in [3.05, 3.63) is 18.5 Å². The number of nitrogens with one attached hydrogen (secondary N) is 1. The molecule has 2 heterocycles. The van der Waals surface area contributed by atoms with Crippen molar-refractivity contribution in [3.63, 3.8) is 0 Å². The lowest BCUT2D eigenvalue weighted by atomic mass is 10.3. The molecule has 7 nitrogen and oxygen atoms in total. The molecule has 0 atom stereocenters. The highest BCUT2D eigenvalue weighted by Crippen LogP contribution is 1.97. The summed E-state index contributed by atoms with van der Waals surface area (Å²) in [6.07, 6.45) is 3.35. The van der Waals surface area contributed by atoms with E-state index in [-0.39, 0.29) is 49.7 Å². The fraction of sp³-hybridized carbons (Fsp3) is 0.583. The number of carbonyl (C=O) groups excluding carboxylic acids is 2. The third kappa shape index (κ3) is 5.91. The number of aromatic nitrogens is 2. The third-order valence-electron chi connectivity index (χ3n) is 3.12. The summed E-state index contributed by atoms with van der Waals surface area (Å²) in [5, 5.41) is 7.16. The number of likely N-dealkylation sites (N-methyl/N-ethyl adjacent to an activating group) is 1. The van der Waals surface area contributed by atoms with Gasteiger partial charge < -0.3 is 15.1 Å². The maximum atomic E-state index is 12.0. The minimum Gasteiger partial charge on any atom is -0.339 e. The predicted octanol–water partition coefficient (Wildman–Crippen LogP) is -0.383. The van der Waals surface area contributed by atoms with Gasteiger partial charge in [0.15, 0.2) is 0 Å². The monoisotopic (exact) mass is 337 g/mol. The Morgan fingerprint density at radius 1 is 1.29 bits per heavy atom. The molecular weight excluding hydrogens is 317 g/mol. The van der Waals surface area contributed by atoms with Crippen LogP contribution in [0.2, 0.25) is 0 Å². The summed E-state index contributed by atoms with van der Waals surface area (Å²) in [6, 6.07) is 1.76. The van der Waals surface area contributed by atoms with Crippen molar-refractivity contribution in [1.29, 1.82) is 0 Å². The van der Waals surface area contributed by atoms with Crippen LogP contribution < -0.4 is 5.32 Å². The third-order valence-corrected chi connectivity index (χ3v) is 3.12. The van der Waals surface area contributed by atoms with Crippen LogP contribution in [0.15, 0.2) is 18.5 Å². The fourth-order valence-electron chi connectivity index (χ4n) is 1.96. The molecule has 0 unspecified atom stereocenters. The number of halogens is 2. The highest BCUT2D eigenvalue weighted by molar-refractivity contribution is 5.86. The van der Waals surface area contributed by atoms with Crippen LogP contribution >= 0.6 is 24.8 Å². The van der Waals surface area contributed by atoms with E-state index in [1.54, 1.807) is 35.1 Å². The average molecular weight is 338 g/mol. The maximum absolute atomic E-state index is 12.0. The van der Waals surface area contributed by atoms with Crippen LogP contribution in [0.5, 0.6) is 0 Å². The zero-order valence-electron chi connectivity index (χ0n) is 11.9. The van der Waals surface area contributed by atoms with E-state index in [1.807, 2.05) is 0 Å². The molecule has 1 aromatic rings. The Hall–Kier alpha value is -1.31. The van der Waals surface area contributed by atoms with E-state index < -0.39 is 0 Å². The molecule has 1 fully saturated rings. The molecule has 1 aliphatic rings. The molecule has 21 heavy (non-hydrogen) atoms. The Morgan fingerprint density at radius 3 is 2.52 bits per heavy atom. The summed E-state index contributed by atoms with van der Waals surface area (Å²) in [7, 11) is 1.64. The Balaban J connectivity index is 0.00000200. The van der Waals surface area contributed by atoms with E-state index in [1.165, 1.54) is 4.90 Å². The van der Waals surface area contributed by atoms with E-state index in [2.05, 4.69) is 10.4 Å². The smallest absolute Gasteiger partial charge is 0.244 e. The summed E-state index contributed by atoms with van der Waals surface area (Å²) in [5.74, 6) is -0.120. The molecule has 2 amide bonds. The minimum atomic E-state index is -0.118. The maximum Gasteiger partial charge on any atom is 0.244 e. The van der Waals surface area contributed by atoms with Crippen LogP contribution in [-0.2, 0) is 16.1 Å². The number of amides is 2. The number of hydrogen-bond donors (Lipinski definition) is 1. The lowest BCUT2D eigenvalue weighted by Gasteiger charge is -2.29. The Bertz CT molecular complexity index is 435. The van der Waals surface area contributed by atoms with Gasteiger partial charge in [0.1, 0.15) is 6.54 Å². The van der Waals surface area contributed by atoms with Gasteiger partial charge in [0.2, 0.25) is 11.8 Å². The van der Waals surface area contributed by atoms with Gasteiger partial charge in [-0.1, -0.05) is 0 Å². The fourth-order valence-corrected chi connectivity index (χ4v) is 1.96. The van der Waals surface area contributed by atoms with Crippen molar-refractivity contribution in [2.24, 2.45) is 0 Å². The number of carbonyl (C=O) groups is 2. The molecule has 1 saturated heterocycles. The van der Waals surface area contributed by atoms with Gasteiger partial charge in [-0.2, -0.15) is 5.10 Å². The van der Waals surface area contributed by atoms with Crippen LogP contribution in [-0.4, -0.2) is 71.2 Å². The van der Waals surface area contributed by atoms with E-state index in [0.29, 0.717) is 13.1 Å². The summed E-state index contributed by atoms with van der Waals surface area (Å²) < 4.78 is 1.55. The summed E-state index contributed by atoms with van der Waals surface area (Å²) in [4.78, 5) is 27.1. The largest absolute Gasteiger partial charge is 0.339 e. The molecular formula is C12H21Cl2N5O2. The highest BCUT2D eigenvalue weighted by atomic mass is 35.5. The number of piperazine rings is 1. The topological polar surface area (TPSA) is 70.5 Å². The van der Waals surface area contributed by atoms with E-state index in [9.17, 15) is 9.59 Å². The molecule has 9 heteroatoms. The van der Waals surface area contributed by atoms with Crippen LogP contribution in [0.1, 0.15) is 0 Å². The quantitative estimate of drug-likeness (QED) is 0.812. The Morgan fingerprint density at radius 2 is 1.95 bits per heavy atom. The Labute approximate surface area is 136 Å². The summed E-state index contributed by atoms with van der Waals surface area (Å²) >= 11 is 0. The van der Waals surface area contributed by atoms with Gasteiger partial charge in [0.25, 0.3) is 0 Å². The van der Waals surface area contributed by atoms with E-state index in [4.69, 9.17) is 0 Å². The molecule has 2 rings (SSSR count). The van der Waals surface area contributed by atoms with Gasteiger partial charge >= 0.3 is 0 Å². The molecule has 0 aromatic carbocycles. The second-order valence-corrected chi connectivity index (χ2v) is 4.58.